The average molecular weight is 526 g/mol. The van der Waals surface area contributed by atoms with Crippen molar-refractivity contribution >= 4 is 17.4 Å². The van der Waals surface area contributed by atoms with Gasteiger partial charge in [0.2, 0.25) is 5.91 Å². The SMILES string of the molecule is CC(=O)CCc1cccc(NC(=O)C(c2ccc(Cn3nc(C(F)(F)F)ccc3=O)cc2)C2CCCC2)c1. The highest BCUT2D eigenvalue weighted by Crippen LogP contribution is 2.38. The van der Waals surface area contributed by atoms with E-state index in [4.69, 9.17) is 0 Å². The molecule has 1 saturated carbocycles. The van der Waals surface area contributed by atoms with Gasteiger partial charge in [0.15, 0.2) is 5.69 Å². The van der Waals surface area contributed by atoms with Crippen molar-refractivity contribution in [3.63, 3.8) is 0 Å². The summed E-state index contributed by atoms with van der Waals surface area (Å²) >= 11 is 0. The summed E-state index contributed by atoms with van der Waals surface area (Å²) in [6, 6.07) is 16.1. The predicted octanol–water partition coefficient (Wildman–Crippen LogP) is 5.74. The quantitative estimate of drug-likeness (QED) is 0.386. The highest BCUT2D eigenvalue weighted by Gasteiger charge is 2.34. The highest BCUT2D eigenvalue weighted by atomic mass is 19.4. The molecular formula is C29H30F3N3O3. The van der Waals surface area contributed by atoms with E-state index < -0.39 is 17.4 Å². The lowest BCUT2D eigenvalue weighted by atomic mass is 9.83. The molecule has 1 unspecified atom stereocenters. The first kappa shape index (κ1) is 27.3. The molecule has 6 nitrogen and oxygen atoms in total. The monoisotopic (exact) mass is 525 g/mol. The fourth-order valence-corrected chi connectivity index (χ4v) is 4.99. The summed E-state index contributed by atoms with van der Waals surface area (Å²) in [5, 5.41) is 6.50. The zero-order valence-electron chi connectivity index (χ0n) is 21.1. The van der Waals surface area contributed by atoms with E-state index in [0.29, 0.717) is 30.2 Å². The molecule has 9 heteroatoms. The molecule has 38 heavy (non-hydrogen) atoms. The number of rotatable bonds is 9. The normalized spacial score (nSPS) is 14.8. The van der Waals surface area contributed by atoms with Gasteiger partial charge < -0.3 is 10.1 Å². The number of nitrogens with zero attached hydrogens (tertiary/aromatic N) is 2. The fraction of sp³-hybridized carbons (Fsp3) is 0.379. The van der Waals surface area contributed by atoms with Crippen LogP contribution in [-0.2, 0) is 28.7 Å². The minimum atomic E-state index is -4.64. The van der Waals surface area contributed by atoms with Crippen LogP contribution in [0, 0.1) is 5.92 Å². The van der Waals surface area contributed by atoms with Crippen molar-refractivity contribution in [1.29, 1.82) is 0 Å². The van der Waals surface area contributed by atoms with E-state index in [1.165, 1.54) is 0 Å². The van der Waals surface area contributed by atoms with Crippen molar-refractivity contribution in [2.75, 3.05) is 5.32 Å². The molecule has 1 N–H and O–H groups in total. The standard InChI is InChI=1S/C29H30F3N3O3/c1-19(36)9-10-20-5-4-8-24(17-20)33-28(38)27(22-6-2-3-7-22)23-13-11-21(12-14-23)18-35-26(37)16-15-25(34-35)29(30,31)32/h4-5,8,11-17,22,27H,2-3,6-7,9-10,18H2,1H3,(H,33,38). The van der Waals surface area contributed by atoms with Gasteiger partial charge >= 0.3 is 6.18 Å². The van der Waals surface area contributed by atoms with Crippen LogP contribution in [0.25, 0.3) is 0 Å². The second kappa shape index (κ2) is 11.8. The first-order valence-corrected chi connectivity index (χ1v) is 12.7. The van der Waals surface area contributed by atoms with Crippen LogP contribution in [0.1, 0.15) is 67.3 Å². The number of carbonyl (C=O) groups is 2. The van der Waals surface area contributed by atoms with Crippen molar-refractivity contribution < 1.29 is 22.8 Å². The smallest absolute Gasteiger partial charge is 0.326 e. The summed E-state index contributed by atoms with van der Waals surface area (Å²) < 4.78 is 39.9. The number of nitrogens with one attached hydrogen (secondary N) is 1. The van der Waals surface area contributed by atoms with E-state index >= 15 is 0 Å². The number of aryl methyl sites for hydroxylation is 1. The van der Waals surface area contributed by atoms with Gasteiger partial charge in [-0.05, 0) is 67.0 Å². The Morgan fingerprint density at radius 3 is 2.39 bits per heavy atom. The molecule has 1 amide bonds. The molecule has 200 valence electrons. The number of ketones is 1. The molecule has 0 saturated heterocycles. The molecule has 0 aliphatic heterocycles. The molecule has 0 radical (unpaired) electrons. The molecule has 2 aromatic carbocycles. The Morgan fingerprint density at radius 2 is 1.74 bits per heavy atom. The van der Waals surface area contributed by atoms with Gasteiger partial charge in [-0.2, -0.15) is 18.3 Å². The van der Waals surface area contributed by atoms with E-state index in [-0.39, 0.29) is 30.1 Å². The lowest BCUT2D eigenvalue weighted by Crippen LogP contribution is -2.27. The summed E-state index contributed by atoms with van der Waals surface area (Å²) in [5.74, 6) is -0.224. The molecular weight excluding hydrogens is 495 g/mol. The molecule has 1 heterocycles. The van der Waals surface area contributed by atoms with Crippen molar-refractivity contribution in [3.05, 3.63) is 93.4 Å². The molecule has 1 atom stereocenters. The van der Waals surface area contributed by atoms with E-state index in [9.17, 15) is 27.6 Å². The molecule has 1 aromatic heterocycles. The van der Waals surface area contributed by atoms with Gasteiger partial charge in [0.05, 0.1) is 12.5 Å². The summed E-state index contributed by atoms with van der Waals surface area (Å²) in [5.41, 5.74) is 1.30. The number of hydrogen-bond acceptors (Lipinski definition) is 4. The second-order valence-corrected chi connectivity index (χ2v) is 9.87. The Hall–Kier alpha value is -3.75. The Morgan fingerprint density at radius 1 is 1.03 bits per heavy atom. The summed E-state index contributed by atoms with van der Waals surface area (Å²) in [7, 11) is 0. The lowest BCUT2D eigenvalue weighted by molar-refractivity contribution is -0.142. The number of aromatic nitrogens is 2. The van der Waals surface area contributed by atoms with Crippen LogP contribution >= 0.6 is 0 Å². The fourth-order valence-electron chi connectivity index (χ4n) is 4.99. The largest absolute Gasteiger partial charge is 0.435 e. The third-order valence-corrected chi connectivity index (χ3v) is 6.94. The third kappa shape index (κ3) is 6.96. The van der Waals surface area contributed by atoms with E-state index in [2.05, 4.69) is 10.4 Å². The topological polar surface area (TPSA) is 81.1 Å². The molecule has 3 aromatic rings. The van der Waals surface area contributed by atoms with Crippen LogP contribution in [0.15, 0.2) is 65.5 Å². The van der Waals surface area contributed by atoms with E-state index in [1.54, 1.807) is 31.2 Å². The van der Waals surface area contributed by atoms with Gasteiger partial charge in [-0.15, -0.1) is 0 Å². The Kier molecular flexibility index (Phi) is 8.44. The number of alkyl halides is 3. The van der Waals surface area contributed by atoms with Gasteiger partial charge in [-0.25, -0.2) is 4.68 Å². The van der Waals surface area contributed by atoms with Crippen molar-refractivity contribution in [2.24, 2.45) is 5.92 Å². The molecule has 1 fully saturated rings. The van der Waals surface area contributed by atoms with Gasteiger partial charge in [-0.3, -0.25) is 9.59 Å². The Balaban J connectivity index is 1.53. The van der Waals surface area contributed by atoms with Gasteiger partial charge in [0.1, 0.15) is 5.78 Å². The van der Waals surface area contributed by atoms with E-state index in [0.717, 1.165) is 47.6 Å². The number of Topliss-reactive ketones (excluding diaryl/α,β-unsaturated/α-hetero) is 1. The molecule has 1 aliphatic rings. The Labute approximate surface area is 218 Å². The maximum Gasteiger partial charge on any atom is 0.435 e. The van der Waals surface area contributed by atoms with Gasteiger partial charge in [0.25, 0.3) is 5.56 Å². The molecule has 0 bridgehead atoms. The minimum absolute atomic E-state index is 0.109. The van der Waals surface area contributed by atoms with Gasteiger partial charge in [0, 0.05) is 18.2 Å². The van der Waals surface area contributed by atoms with Crippen LogP contribution in [0.3, 0.4) is 0 Å². The summed E-state index contributed by atoms with van der Waals surface area (Å²) in [6.07, 6.45) is 0.375. The van der Waals surface area contributed by atoms with Crippen LogP contribution in [0.2, 0.25) is 0 Å². The Bertz CT molecular complexity index is 1340. The maximum absolute atomic E-state index is 13.5. The van der Waals surface area contributed by atoms with Crippen LogP contribution in [0.4, 0.5) is 18.9 Å². The maximum atomic E-state index is 13.5. The summed E-state index contributed by atoms with van der Waals surface area (Å²) in [4.78, 5) is 36.9. The second-order valence-electron chi connectivity index (χ2n) is 9.87. The third-order valence-electron chi connectivity index (χ3n) is 6.94. The minimum Gasteiger partial charge on any atom is -0.326 e. The van der Waals surface area contributed by atoms with Crippen LogP contribution < -0.4 is 10.9 Å². The molecule has 1 aliphatic carbocycles. The van der Waals surface area contributed by atoms with Crippen molar-refractivity contribution in [3.8, 4) is 0 Å². The number of anilines is 1. The lowest BCUT2D eigenvalue weighted by Gasteiger charge is -2.24. The van der Waals surface area contributed by atoms with Crippen molar-refractivity contribution in [2.45, 2.75) is 64.1 Å². The molecule has 4 rings (SSSR count). The number of halogens is 3. The first-order chi connectivity index (χ1) is 18.1. The summed E-state index contributed by atoms with van der Waals surface area (Å²) in [6.45, 7) is 1.44. The number of hydrogen-bond donors (Lipinski definition) is 1. The van der Waals surface area contributed by atoms with Crippen LogP contribution in [0.5, 0.6) is 0 Å². The predicted molar refractivity (Wildman–Crippen MR) is 138 cm³/mol. The highest BCUT2D eigenvalue weighted by molar-refractivity contribution is 5.96. The number of benzene rings is 2. The zero-order valence-corrected chi connectivity index (χ0v) is 21.1. The first-order valence-electron chi connectivity index (χ1n) is 12.7. The van der Waals surface area contributed by atoms with Crippen molar-refractivity contribution in [1.82, 2.24) is 9.78 Å². The zero-order chi connectivity index (χ0) is 27.3. The van der Waals surface area contributed by atoms with E-state index in [1.807, 2.05) is 24.3 Å². The molecule has 0 spiro atoms. The van der Waals surface area contributed by atoms with Gasteiger partial charge in [-0.1, -0.05) is 49.2 Å². The number of amides is 1. The average Bonchev–Trinajstić information content (AvgIpc) is 3.39. The number of carbonyl (C=O) groups excluding carboxylic acids is 2. The van der Waals surface area contributed by atoms with Crippen LogP contribution in [-0.4, -0.2) is 21.5 Å².